The second kappa shape index (κ2) is 5.27. The van der Waals surface area contributed by atoms with Crippen molar-refractivity contribution in [3.8, 4) is 0 Å². The SMILES string of the molecule is NC(=O)c1ccc(Sc2cc(F)ccc2F)c(N)c1. The standard InChI is InChI=1S/C13H10F2N2OS/c14-8-2-3-9(15)12(6-8)19-11-4-1-7(13(17)18)5-10(11)16/h1-6H,16H2,(H2,17,18). The first-order valence-electron chi connectivity index (χ1n) is 5.29. The summed E-state index contributed by atoms with van der Waals surface area (Å²) in [6.45, 7) is 0. The molecule has 0 bridgehead atoms. The number of anilines is 1. The minimum Gasteiger partial charge on any atom is -0.398 e. The Kier molecular flexibility index (Phi) is 3.71. The lowest BCUT2D eigenvalue weighted by atomic mass is 10.2. The zero-order valence-corrected chi connectivity index (χ0v) is 10.5. The number of carbonyl (C=O) groups excluding carboxylic acids is 1. The number of carbonyl (C=O) groups is 1. The van der Waals surface area contributed by atoms with Crippen LogP contribution in [0.25, 0.3) is 0 Å². The van der Waals surface area contributed by atoms with Gasteiger partial charge < -0.3 is 11.5 Å². The molecule has 0 saturated heterocycles. The molecule has 2 rings (SSSR count). The van der Waals surface area contributed by atoms with Gasteiger partial charge in [-0.15, -0.1) is 0 Å². The monoisotopic (exact) mass is 280 g/mol. The van der Waals surface area contributed by atoms with Crippen LogP contribution < -0.4 is 11.5 Å². The second-order valence-electron chi connectivity index (χ2n) is 3.79. The average molecular weight is 280 g/mol. The van der Waals surface area contributed by atoms with Gasteiger partial charge in [0.25, 0.3) is 0 Å². The maximum atomic E-state index is 13.5. The summed E-state index contributed by atoms with van der Waals surface area (Å²) in [4.78, 5) is 11.6. The minimum atomic E-state index is -0.597. The largest absolute Gasteiger partial charge is 0.398 e. The molecule has 0 fully saturated rings. The van der Waals surface area contributed by atoms with Crippen LogP contribution in [0.3, 0.4) is 0 Å². The molecule has 0 aromatic heterocycles. The van der Waals surface area contributed by atoms with E-state index in [0.29, 0.717) is 4.90 Å². The first-order chi connectivity index (χ1) is 8.97. The Morgan fingerprint density at radius 3 is 2.42 bits per heavy atom. The highest BCUT2D eigenvalue weighted by atomic mass is 32.2. The van der Waals surface area contributed by atoms with Crippen molar-refractivity contribution in [1.29, 1.82) is 0 Å². The molecule has 6 heteroatoms. The van der Waals surface area contributed by atoms with Crippen LogP contribution in [0.5, 0.6) is 0 Å². The fraction of sp³-hybridized carbons (Fsp3) is 0. The molecule has 0 aliphatic carbocycles. The van der Waals surface area contributed by atoms with E-state index < -0.39 is 17.5 Å². The third kappa shape index (κ3) is 3.03. The number of amides is 1. The second-order valence-corrected chi connectivity index (χ2v) is 4.88. The molecule has 0 saturated carbocycles. The molecule has 0 atom stereocenters. The molecule has 0 aliphatic heterocycles. The molecule has 0 aliphatic rings. The van der Waals surface area contributed by atoms with Crippen molar-refractivity contribution in [1.82, 2.24) is 0 Å². The van der Waals surface area contributed by atoms with Gasteiger partial charge in [-0.1, -0.05) is 11.8 Å². The molecule has 0 heterocycles. The first kappa shape index (κ1) is 13.4. The van der Waals surface area contributed by atoms with Crippen molar-refractivity contribution in [3.63, 3.8) is 0 Å². The van der Waals surface area contributed by atoms with Crippen molar-refractivity contribution in [2.24, 2.45) is 5.73 Å². The van der Waals surface area contributed by atoms with Gasteiger partial charge in [-0.25, -0.2) is 8.78 Å². The van der Waals surface area contributed by atoms with Crippen molar-refractivity contribution in [3.05, 3.63) is 53.6 Å². The summed E-state index contributed by atoms with van der Waals surface area (Å²) in [6, 6.07) is 7.61. The van der Waals surface area contributed by atoms with Crippen LogP contribution in [0, 0.1) is 11.6 Å². The highest BCUT2D eigenvalue weighted by molar-refractivity contribution is 7.99. The van der Waals surface area contributed by atoms with Crippen LogP contribution >= 0.6 is 11.8 Å². The van der Waals surface area contributed by atoms with E-state index in [0.717, 1.165) is 30.0 Å². The summed E-state index contributed by atoms with van der Waals surface area (Å²) in [5, 5.41) is 0. The van der Waals surface area contributed by atoms with Gasteiger partial charge in [-0.2, -0.15) is 0 Å². The number of halogens is 2. The highest BCUT2D eigenvalue weighted by Crippen LogP contribution is 2.34. The predicted octanol–water partition coefficient (Wildman–Crippen LogP) is 2.80. The molecule has 1 amide bonds. The van der Waals surface area contributed by atoms with Crippen molar-refractivity contribution < 1.29 is 13.6 Å². The van der Waals surface area contributed by atoms with Crippen LogP contribution in [0.2, 0.25) is 0 Å². The van der Waals surface area contributed by atoms with Gasteiger partial charge in [0, 0.05) is 16.1 Å². The summed E-state index contributed by atoms with van der Waals surface area (Å²) in [5.74, 6) is -1.67. The molecule has 19 heavy (non-hydrogen) atoms. The lowest BCUT2D eigenvalue weighted by Gasteiger charge is -2.07. The zero-order valence-electron chi connectivity index (χ0n) is 9.69. The summed E-state index contributed by atoms with van der Waals surface area (Å²) in [7, 11) is 0. The molecule has 0 spiro atoms. The van der Waals surface area contributed by atoms with Crippen molar-refractivity contribution in [2.45, 2.75) is 9.79 Å². The molecule has 0 radical (unpaired) electrons. The predicted molar refractivity (Wildman–Crippen MR) is 69.9 cm³/mol. The number of benzene rings is 2. The van der Waals surface area contributed by atoms with Crippen LogP contribution in [0.15, 0.2) is 46.2 Å². The molecular formula is C13H10F2N2OS. The molecule has 2 aromatic rings. The number of primary amides is 1. The van der Waals surface area contributed by atoms with Gasteiger partial charge >= 0.3 is 0 Å². The van der Waals surface area contributed by atoms with E-state index >= 15 is 0 Å². The van der Waals surface area contributed by atoms with Crippen molar-refractivity contribution >= 4 is 23.4 Å². The van der Waals surface area contributed by atoms with Crippen LogP contribution in [-0.4, -0.2) is 5.91 Å². The number of hydrogen-bond acceptors (Lipinski definition) is 3. The normalized spacial score (nSPS) is 10.4. The molecule has 98 valence electrons. The lowest BCUT2D eigenvalue weighted by Crippen LogP contribution is -2.11. The number of nitrogens with two attached hydrogens (primary N) is 2. The minimum absolute atomic E-state index is 0.124. The number of nitrogen functional groups attached to an aromatic ring is 1. The molecule has 3 nitrogen and oxygen atoms in total. The molecule has 4 N–H and O–H groups in total. The zero-order chi connectivity index (χ0) is 14.0. The third-order valence-electron chi connectivity index (χ3n) is 2.41. The Morgan fingerprint density at radius 2 is 1.79 bits per heavy atom. The van der Waals surface area contributed by atoms with Crippen molar-refractivity contribution in [2.75, 3.05) is 5.73 Å². The Bertz CT molecular complexity index is 647. The molecule has 2 aromatic carbocycles. The van der Waals surface area contributed by atoms with Crippen LogP contribution in [-0.2, 0) is 0 Å². The van der Waals surface area contributed by atoms with Gasteiger partial charge in [-0.3, -0.25) is 4.79 Å². The lowest BCUT2D eigenvalue weighted by molar-refractivity contribution is 0.100. The quantitative estimate of drug-likeness (QED) is 0.849. The van der Waals surface area contributed by atoms with E-state index in [-0.39, 0.29) is 16.1 Å². The highest BCUT2D eigenvalue weighted by Gasteiger charge is 2.10. The third-order valence-corrected chi connectivity index (χ3v) is 3.53. The topological polar surface area (TPSA) is 69.1 Å². The fourth-order valence-electron chi connectivity index (χ4n) is 1.47. The number of hydrogen-bond donors (Lipinski definition) is 2. The summed E-state index contributed by atoms with van der Waals surface area (Å²) < 4.78 is 26.5. The van der Waals surface area contributed by atoms with E-state index in [2.05, 4.69) is 0 Å². The Balaban J connectivity index is 2.33. The van der Waals surface area contributed by atoms with Gasteiger partial charge in [0.05, 0.1) is 4.90 Å². The first-order valence-corrected chi connectivity index (χ1v) is 6.11. The van der Waals surface area contributed by atoms with Gasteiger partial charge in [0.15, 0.2) is 0 Å². The van der Waals surface area contributed by atoms with Gasteiger partial charge in [-0.05, 0) is 36.4 Å². The van der Waals surface area contributed by atoms with Gasteiger partial charge in [0.1, 0.15) is 11.6 Å². The van der Waals surface area contributed by atoms with E-state index in [4.69, 9.17) is 11.5 Å². The molecule has 0 unspecified atom stereocenters. The maximum Gasteiger partial charge on any atom is 0.248 e. The smallest absolute Gasteiger partial charge is 0.248 e. The van der Waals surface area contributed by atoms with E-state index in [1.54, 1.807) is 6.07 Å². The fourth-order valence-corrected chi connectivity index (χ4v) is 2.36. The Morgan fingerprint density at radius 1 is 1.05 bits per heavy atom. The Hall–Kier alpha value is -2.08. The summed E-state index contributed by atoms with van der Waals surface area (Å²) in [5.41, 5.74) is 11.4. The average Bonchev–Trinajstić information content (AvgIpc) is 2.36. The van der Waals surface area contributed by atoms with Crippen LogP contribution in [0.1, 0.15) is 10.4 Å². The number of rotatable bonds is 3. The van der Waals surface area contributed by atoms with Gasteiger partial charge in [0.2, 0.25) is 5.91 Å². The van der Waals surface area contributed by atoms with Crippen LogP contribution in [0.4, 0.5) is 14.5 Å². The van der Waals surface area contributed by atoms with E-state index in [1.165, 1.54) is 12.1 Å². The maximum absolute atomic E-state index is 13.5. The molecular weight excluding hydrogens is 270 g/mol. The Labute approximate surface area is 112 Å². The summed E-state index contributed by atoms with van der Waals surface area (Å²) >= 11 is 0.983. The summed E-state index contributed by atoms with van der Waals surface area (Å²) in [6.07, 6.45) is 0. The van der Waals surface area contributed by atoms with E-state index in [1.807, 2.05) is 0 Å². The van der Waals surface area contributed by atoms with E-state index in [9.17, 15) is 13.6 Å².